The Bertz CT molecular complexity index is 569. The van der Waals surface area contributed by atoms with E-state index in [9.17, 15) is 14.3 Å². The summed E-state index contributed by atoms with van der Waals surface area (Å²) in [6, 6.07) is 2.91. The van der Waals surface area contributed by atoms with Crippen LogP contribution < -0.4 is 5.32 Å². The zero-order valence-electron chi connectivity index (χ0n) is 10.4. The van der Waals surface area contributed by atoms with Gasteiger partial charge in [0.25, 0.3) is 0 Å². The summed E-state index contributed by atoms with van der Waals surface area (Å²) in [5, 5.41) is 13.6. The number of hydrogen-bond acceptors (Lipinski definition) is 6. The van der Waals surface area contributed by atoms with Crippen molar-refractivity contribution in [2.75, 3.05) is 29.9 Å². The van der Waals surface area contributed by atoms with Crippen molar-refractivity contribution >= 4 is 21.2 Å². The summed E-state index contributed by atoms with van der Waals surface area (Å²) in [5.74, 6) is 1.58. The van der Waals surface area contributed by atoms with Crippen LogP contribution in [0.2, 0.25) is 0 Å². The first-order valence-corrected chi connectivity index (χ1v) is 7.98. The third-order valence-corrected chi connectivity index (χ3v) is 5.40. The van der Waals surface area contributed by atoms with Crippen molar-refractivity contribution in [3.05, 3.63) is 28.4 Å². The predicted molar refractivity (Wildman–Crippen MR) is 73.8 cm³/mol. The van der Waals surface area contributed by atoms with E-state index < -0.39 is 14.7 Å². The maximum atomic E-state index is 12.1. The van der Waals surface area contributed by atoms with Gasteiger partial charge in [-0.05, 0) is 18.9 Å². The smallest absolute Gasteiger partial charge is 0.311 e. The van der Waals surface area contributed by atoms with Gasteiger partial charge in [0.05, 0.1) is 11.5 Å². The summed E-state index contributed by atoms with van der Waals surface area (Å²) in [7, 11) is -2.00. The van der Waals surface area contributed by atoms with Crippen LogP contribution in [0, 0.1) is 10.1 Å². The van der Waals surface area contributed by atoms with E-state index in [2.05, 4.69) is 14.7 Å². The number of nitro groups is 1. The molecule has 2 heterocycles. The highest BCUT2D eigenvalue weighted by atomic mass is 32.2. The molecule has 1 aromatic rings. The number of rotatable bonds is 5. The second-order valence-corrected chi connectivity index (χ2v) is 6.92. The van der Waals surface area contributed by atoms with Crippen LogP contribution in [0.3, 0.4) is 0 Å². The van der Waals surface area contributed by atoms with E-state index in [1.54, 1.807) is 0 Å². The summed E-state index contributed by atoms with van der Waals surface area (Å²) in [5.41, 5.74) is -0.0625. The molecule has 0 aromatic carbocycles. The van der Waals surface area contributed by atoms with Gasteiger partial charge in [-0.1, -0.05) is 0 Å². The van der Waals surface area contributed by atoms with E-state index >= 15 is 0 Å². The summed E-state index contributed by atoms with van der Waals surface area (Å²) in [4.78, 5) is 14.2. The number of anilines is 1. The molecular weight excluding hydrogens is 268 g/mol. The van der Waals surface area contributed by atoms with Gasteiger partial charge in [0.15, 0.2) is 0 Å². The second-order valence-electron chi connectivity index (χ2n) is 4.30. The number of nitrogens with zero attached hydrogens (tertiary/aromatic N) is 3. The van der Waals surface area contributed by atoms with Gasteiger partial charge < -0.3 is 5.32 Å². The van der Waals surface area contributed by atoms with Gasteiger partial charge in [-0.25, -0.2) is 13.6 Å². The highest BCUT2D eigenvalue weighted by Gasteiger charge is 2.16. The Kier molecular flexibility index (Phi) is 4.31. The lowest BCUT2D eigenvalue weighted by molar-refractivity contribution is -0.384. The average molecular weight is 284 g/mol. The van der Waals surface area contributed by atoms with Gasteiger partial charge in [0, 0.05) is 40.0 Å². The maximum absolute atomic E-state index is 12.1. The molecule has 7 nitrogen and oxygen atoms in total. The van der Waals surface area contributed by atoms with E-state index in [-0.39, 0.29) is 11.5 Å². The topological polar surface area (TPSA) is 97.5 Å². The van der Waals surface area contributed by atoms with Gasteiger partial charge in [0.1, 0.15) is 0 Å². The highest BCUT2D eigenvalue weighted by molar-refractivity contribution is 7.93. The molecule has 8 heteroatoms. The minimum atomic E-state index is -2.00. The van der Waals surface area contributed by atoms with Crippen LogP contribution in [0.1, 0.15) is 12.8 Å². The molecule has 0 aliphatic carbocycles. The molecule has 19 heavy (non-hydrogen) atoms. The molecule has 0 unspecified atom stereocenters. The minimum absolute atomic E-state index is 0.0625. The third kappa shape index (κ3) is 3.63. The Morgan fingerprint density at radius 3 is 2.89 bits per heavy atom. The molecule has 1 aromatic heterocycles. The van der Waals surface area contributed by atoms with E-state index in [0.29, 0.717) is 24.6 Å². The monoisotopic (exact) mass is 284 g/mol. The highest BCUT2D eigenvalue weighted by Crippen LogP contribution is 2.19. The SMILES string of the molecule is O=[N+]([O-])c1cccnc1NCCN=S1(=O)CCCC1. The van der Waals surface area contributed by atoms with Gasteiger partial charge in [0.2, 0.25) is 5.82 Å². The van der Waals surface area contributed by atoms with E-state index in [1.165, 1.54) is 18.3 Å². The average Bonchev–Trinajstić information content (AvgIpc) is 2.82. The lowest BCUT2D eigenvalue weighted by Gasteiger charge is -2.05. The van der Waals surface area contributed by atoms with Crippen molar-refractivity contribution in [3.63, 3.8) is 0 Å². The zero-order valence-corrected chi connectivity index (χ0v) is 11.3. The number of aromatic nitrogens is 1. The van der Waals surface area contributed by atoms with Crippen LogP contribution in [0.5, 0.6) is 0 Å². The Morgan fingerprint density at radius 1 is 1.47 bits per heavy atom. The van der Waals surface area contributed by atoms with Crippen molar-refractivity contribution < 1.29 is 9.13 Å². The standard InChI is InChI=1S/C11H16N4O3S/c16-15(17)10-4-3-5-12-11(10)13-6-7-14-19(18)8-1-2-9-19/h3-5H,1-2,6-9H2,(H,12,13). The third-order valence-electron chi connectivity index (χ3n) is 2.89. The maximum Gasteiger partial charge on any atom is 0.311 e. The van der Waals surface area contributed by atoms with Crippen LogP contribution in [-0.4, -0.2) is 38.7 Å². The van der Waals surface area contributed by atoms with Gasteiger partial charge in [-0.2, -0.15) is 0 Å². The molecule has 1 N–H and O–H groups in total. The Hall–Kier alpha value is -1.70. The molecule has 0 bridgehead atoms. The Morgan fingerprint density at radius 2 is 2.21 bits per heavy atom. The second kappa shape index (κ2) is 5.96. The lowest BCUT2D eigenvalue weighted by Crippen LogP contribution is -2.10. The van der Waals surface area contributed by atoms with Crippen molar-refractivity contribution in [2.45, 2.75) is 12.8 Å². The van der Waals surface area contributed by atoms with Crippen molar-refractivity contribution in [3.8, 4) is 0 Å². The van der Waals surface area contributed by atoms with Gasteiger partial charge >= 0.3 is 5.69 Å². The van der Waals surface area contributed by atoms with E-state index in [4.69, 9.17) is 0 Å². The molecule has 1 saturated heterocycles. The zero-order chi connectivity index (χ0) is 13.7. The summed E-state index contributed by atoms with van der Waals surface area (Å²) >= 11 is 0. The molecule has 1 aliphatic rings. The molecule has 0 saturated carbocycles. The number of nitrogens with one attached hydrogen (secondary N) is 1. The van der Waals surface area contributed by atoms with Gasteiger partial charge in [-0.3, -0.25) is 10.1 Å². The molecule has 0 atom stereocenters. The molecule has 2 rings (SSSR count). The molecular formula is C11H16N4O3S. The largest absolute Gasteiger partial charge is 0.362 e. The van der Waals surface area contributed by atoms with Crippen LogP contribution in [0.4, 0.5) is 11.5 Å². The first-order valence-electron chi connectivity index (χ1n) is 6.12. The summed E-state index contributed by atoms with van der Waals surface area (Å²) in [6.07, 6.45) is 3.44. The number of pyridine rings is 1. The van der Waals surface area contributed by atoms with E-state index in [0.717, 1.165) is 12.8 Å². The van der Waals surface area contributed by atoms with Crippen molar-refractivity contribution in [1.82, 2.24) is 4.98 Å². The molecule has 1 aliphatic heterocycles. The summed E-state index contributed by atoms with van der Waals surface area (Å²) < 4.78 is 16.3. The van der Waals surface area contributed by atoms with Crippen molar-refractivity contribution in [2.24, 2.45) is 4.36 Å². The predicted octanol–water partition coefficient (Wildman–Crippen LogP) is 1.66. The molecule has 0 amide bonds. The van der Waals surface area contributed by atoms with Crippen molar-refractivity contribution in [1.29, 1.82) is 0 Å². The molecule has 1 fully saturated rings. The molecule has 104 valence electrons. The molecule has 0 spiro atoms. The Labute approximate surface area is 111 Å². The number of hydrogen-bond donors (Lipinski definition) is 1. The Balaban J connectivity index is 1.93. The fourth-order valence-electron chi connectivity index (χ4n) is 1.95. The first kappa shape index (κ1) is 13.7. The first-order chi connectivity index (χ1) is 9.11. The molecule has 0 radical (unpaired) electrons. The normalized spacial score (nSPS) is 17.1. The fourth-order valence-corrected chi connectivity index (χ4v) is 4.15. The lowest BCUT2D eigenvalue weighted by atomic mass is 10.4. The summed E-state index contributed by atoms with van der Waals surface area (Å²) in [6.45, 7) is 0.779. The fraction of sp³-hybridized carbons (Fsp3) is 0.545. The van der Waals surface area contributed by atoms with Crippen LogP contribution in [-0.2, 0) is 9.73 Å². The quantitative estimate of drug-likeness (QED) is 0.504. The van der Waals surface area contributed by atoms with Crippen LogP contribution in [0.25, 0.3) is 0 Å². The van der Waals surface area contributed by atoms with Crippen LogP contribution in [0.15, 0.2) is 22.7 Å². The van der Waals surface area contributed by atoms with Gasteiger partial charge in [-0.15, -0.1) is 0 Å². The minimum Gasteiger partial charge on any atom is -0.362 e. The van der Waals surface area contributed by atoms with Crippen LogP contribution >= 0.6 is 0 Å². The van der Waals surface area contributed by atoms with E-state index in [1.807, 2.05) is 0 Å².